The van der Waals surface area contributed by atoms with E-state index in [9.17, 15) is 4.79 Å². The first-order valence-electron chi connectivity index (χ1n) is 6.12. The number of nitrogens with two attached hydrogens (primary N) is 1. The molecule has 0 heterocycles. The zero-order valence-electron chi connectivity index (χ0n) is 10.8. The first-order chi connectivity index (χ1) is 9.60. The number of aliphatic hydroxyl groups excluding tert-OH is 1. The molecule has 0 aliphatic rings. The van der Waals surface area contributed by atoms with Gasteiger partial charge in [0.1, 0.15) is 0 Å². The summed E-state index contributed by atoms with van der Waals surface area (Å²) in [6.07, 6.45) is 0. The smallest absolute Gasteiger partial charge is 0.253 e. The fraction of sp³-hybridized carbons (Fsp3) is 0.133. The number of carbonyl (C=O) groups excluding carboxylic acids is 1. The van der Waals surface area contributed by atoms with Crippen molar-refractivity contribution in [3.05, 3.63) is 64.2 Å². The molecular weight excluding hydrogens is 276 g/mol. The molecule has 0 saturated heterocycles. The monoisotopic (exact) mass is 290 g/mol. The van der Waals surface area contributed by atoms with Gasteiger partial charge in [-0.3, -0.25) is 4.79 Å². The molecule has 4 nitrogen and oxygen atoms in total. The van der Waals surface area contributed by atoms with Crippen LogP contribution in [0.5, 0.6) is 0 Å². The molecule has 2 aromatic rings. The molecule has 2 aromatic carbocycles. The lowest BCUT2D eigenvalue weighted by Crippen LogP contribution is -2.23. The number of hydrogen-bond acceptors (Lipinski definition) is 3. The van der Waals surface area contributed by atoms with Crippen molar-refractivity contribution < 1.29 is 9.90 Å². The van der Waals surface area contributed by atoms with Gasteiger partial charge in [-0.25, -0.2) is 0 Å². The van der Waals surface area contributed by atoms with Gasteiger partial charge in [0, 0.05) is 12.2 Å². The van der Waals surface area contributed by atoms with E-state index in [0.717, 1.165) is 11.1 Å². The molecule has 0 spiro atoms. The average Bonchev–Trinajstić information content (AvgIpc) is 2.47. The Kier molecular flexibility index (Phi) is 4.61. The predicted molar refractivity (Wildman–Crippen MR) is 79.4 cm³/mol. The quantitative estimate of drug-likeness (QED) is 0.757. The standard InChI is InChI=1S/C15H15ClN2O2/c16-14-6-5-12(17)7-13(14)15(20)18-8-10-1-3-11(9-19)4-2-10/h1-7,19H,8-9,17H2,(H,18,20). The van der Waals surface area contributed by atoms with Crippen LogP contribution in [0, 0.1) is 0 Å². The lowest BCUT2D eigenvalue weighted by molar-refractivity contribution is 0.0951. The zero-order valence-corrected chi connectivity index (χ0v) is 11.5. The summed E-state index contributed by atoms with van der Waals surface area (Å²) in [7, 11) is 0. The lowest BCUT2D eigenvalue weighted by atomic mass is 10.1. The molecule has 5 heteroatoms. The lowest BCUT2D eigenvalue weighted by Gasteiger charge is -2.08. The fourth-order valence-electron chi connectivity index (χ4n) is 1.76. The highest BCUT2D eigenvalue weighted by Gasteiger charge is 2.10. The van der Waals surface area contributed by atoms with Crippen molar-refractivity contribution in [1.82, 2.24) is 5.32 Å². The predicted octanol–water partition coefficient (Wildman–Crippen LogP) is 2.34. The number of hydrogen-bond donors (Lipinski definition) is 3. The molecule has 104 valence electrons. The van der Waals surface area contributed by atoms with Crippen LogP contribution in [0.4, 0.5) is 5.69 Å². The first-order valence-corrected chi connectivity index (χ1v) is 6.50. The fourth-order valence-corrected chi connectivity index (χ4v) is 1.96. The molecule has 0 atom stereocenters. The number of anilines is 1. The Morgan fingerprint density at radius 2 is 1.80 bits per heavy atom. The number of benzene rings is 2. The van der Waals surface area contributed by atoms with E-state index in [0.29, 0.717) is 22.8 Å². The molecule has 0 fully saturated rings. The molecule has 0 aliphatic heterocycles. The number of amides is 1. The summed E-state index contributed by atoms with van der Waals surface area (Å²) in [5, 5.41) is 12.1. The third-order valence-corrected chi connectivity index (χ3v) is 3.22. The Morgan fingerprint density at radius 3 is 2.45 bits per heavy atom. The second-order valence-electron chi connectivity index (χ2n) is 4.40. The summed E-state index contributed by atoms with van der Waals surface area (Å²) in [5.41, 5.74) is 8.27. The van der Waals surface area contributed by atoms with Gasteiger partial charge >= 0.3 is 0 Å². The highest BCUT2D eigenvalue weighted by atomic mass is 35.5. The second-order valence-corrected chi connectivity index (χ2v) is 4.80. The van der Waals surface area contributed by atoms with E-state index in [4.69, 9.17) is 22.4 Å². The SMILES string of the molecule is Nc1ccc(Cl)c(C(=O)NCc2ccc(CO)cc2)c1. The Hall–Kier alpha value is -2.04. The second kappa shape index (κ2) is 6.41. The normalized spacial score (nSPS) is 10.3. The summed E-state index contributed by atoms with van der Waals surface area (Å²) in [6.45, 7) is 0.390. The largest absolute Gasteiger partial charge is 0.399 e. The van der Waals surface area contributed by atoms with E-state index < -0.39 is 0 Å². The van der Waals surface area contributed by atoms with Crippen molar-refractivity contribution >= 4 is 23.2 Å². The first kappa shape index (κ1) is 14.4. The van der Waals surface area contributed by atoms with Crippen molar-refractivity contribution in [2.45, 2.75) is 13.2 Å². The minimum Gasteiger partial charge on any atom is -0.399 e. The van der Waals surface area contributed by atoms with Crippen LogP contribution in [-0.4, -0.2) is 11.0 Å². The van der Waals surface area contributed by atoms with E-state index in [1.54, 1.807) is 18.2 Å². The van der Waals surface area contributed by atoms with Gasteiger partial charge in [-0.05, 0) is 29.3 Å². The maximum Gasteiger partial charge on any atom is 0.253 e. The maximum atomic E-state index is 12.0. The average molecular weight is 291 g/mol. The van der Waals surface area contributed by atoms with Gasteiger partial charge in [0.05, 0.1) is 17.2 Å². The third-order valence-electron chi connectivity index (χ3n) is 2.89. The highest BCUT2D eigenvalue weighted by Crippen LogP contribution is 2.18. The van der Waals surface area contributed by atoms with Crippen LogP contribution in [0.2, 0.25) is 5.02 Å². The number of aliphatic hydroxyl groups is 1. The zero-order chi connectivity index (χ0) is 14.5. The van der Waals surface area contributed by atoms with Gasteiger partial charge in [0.2, 0.25) is 0 Å². The molecule has 20 heavy (non-hydrogen) atoms. The van der Waals surface area contributed by atoms with Crippen LogP contribution in [-0.2, 0) is 13.2 Å². The molecule has 0 bridgehead atoms. The van der Waals surface area contributed by atoms with E-state index in [-0.39, 0.29) is 12.5 Å². The molecule has 0 aromatic heterocycles. The molecule has 0 aliphatic carbocycles. The molecule has 0 radical (unpaired) electrons. The molecular formula is C15H15ClN2O2. The number of rotatable bonds is 4. The summed E-state index contributed by atoms with van der Waals surface area (Å²) in [5.74, 6) is -0.270. The molecule has 0 unspecified atom stereocenters. The van der Waals surface area contributed by atoms with Crippen molar-refractivity contribution in [2.24, 2.45) is 0 Å². The van der Waals surface area contributed by atoms with Crippen LogP contribution in [0.15, 0.2) is 42.5 Å². The number of carbonyl (C=O) groups is 1. The van der Waals surface area contributed by atoms with Crippen molar-refractivity contribution in [2.75, 3.05) is 5.73 Å². The van der Waals surface area contributed by atoms with Crippen molar-refractivity contribution in [3.63, 3.8) is 0 Å². The minimum atomic E-state index is -0.270. The molecule has 4 N–H and O–H groups in total. The Labute approximate surface area is 122 Å². The van der Waals surface area contributed by atoms with E-state index >= 15 is 0 Å². The van der Waals surface area contributed by atoms with Crippen molar-refractivity contribution in [1.29, 1.82) is 0 Å². The summed E-state index contributed by atoms with van der Waals surface area (Å²) in [6, 6.07) is 12.1. The van der Waals surface area contributed by atoms with Gasteiger partial charge in [-0.2, -0.15) is 0 Å². The third kappa shape index (κ3) is 3.50. The summed E-state index contributed by atoms with van der Waals surface area (Å²) in [4.78, 5) is 12.0. The Balaban J connectivity index is 2.02. The van der Waals surface area contributed by atoms with Gasteiger partial charge < -0.3 is 16.2 Å². The van der Waals surface area contributed by atoms with Gasteiger partial charge in [-0.1, -0.05) is 35.9 Å². The number of nitrogen functional groups attached to an aromatic ring is 1. The highest BCUT2D eigenvalue weighted by molar-refractivity contribution is 6.34. The van der Waals surface area contributed by atoms with E-state index in [1.807, 2.05) is 24.3 Å². The summed E-state index contributed by atoms with van der Waals surface area (Å²) < 4.78 is 0. The van der Waals surface area contributed by atoms with E-state index in [2.05, 4.69) is 5.32 Å². The van der Waals surface area contributed by atoms with Crippen LogP contribution in [0.25, 0.3) is 0 Å². The summed E-state index contributed by atoms with van der Waals surface area (Å²) >= 11 is 5.97. The van der Waals surface area contributed by atoms with Crippen LogP contribution in [0.1, 0.15) is 21.5 Å². The topological polar surface area (TPSA) is 75.4 Å². The van der Waals surface area contributed by atoms with Gasteiger partial charge in [0.15, 0.2) is 0 Å². The van der Waals surface area contributed by atoms with Crippen LogP contribution in [0.3, 0.4) is 0 Å². The number of nitrogens with one attached hydrogen (secondary N) is 1. The molecule has 2 rings (SSSR count). The Morgan fingerprint density at radius 1 is 1.15 bits per heavy atom. The van der Waals surface area contributed by atoms with Gasteiger partial charge in [0.25, 0.3) is 5.91 Å². The maximum absolute atomic E-state index is 12.0. The minimum absolute atomic E-state index is 0.00550. The van der Waals surface area contributed by atoms with Crippen LogP contribution >= 0.6 is 11.6 Å². The van der Waals surface area contributed by atoms with E-state index in [1.165, 1.54) is 0 Å². The molecule has 1 amide bonds. The van der Waals surface area contributed by atoms with Gasteiger partial charge in [-0.15, -0.1) is 0 Å². The molecule has 0 saturated carbocycles. The van der Waals surface area contributed by atoms with Crippen LogP contribution < -0.4 is 11.1 Å². The number of halogens is 1. The Bertz CT molecular complexity index is 612. The van der Waals surface area contributed by atoms with Crippen molar-refractivity contribution in [3.8, 4) is 0 Å².